The number of hydrogen-bond acceptors (Lipinski definition) is 3. The van der Waals surface area contributed by atoms with Crippen molar-refractivity contribution >= 4 is 23.2 Å². The van der Waals surface area contributed by atoms with E-state index in [2.05, 4.69) is 4.98 Å². The quantitative estimate of drug-likeness (QED) is 0.887. The predicted octanol–water partition coefficient (Wildman–Crippen LogP) is 2.87. The number of halogens is 3. The zero-order valence-corrected chi connectivity index (χ0v) is 11.9. The lowest BCUT2D eigenvalue weighted by molar-refractivity contribution is 0.0785. The molecule has 2 aromatic rings. The van der Waals surface area contributed by atoms with Crippen LogP contribution in [-0.4, -0.2) is 22.8 Å². The third-order valence-electron chi connectivity index (χ3n) is 2.90. The van der Waals surface area contributed by atoms with Crippen molar-refractivity contribution < 1.29 is 13.6 Å². The van der Waals surface area contributed by atoms with Crippen molar-refractivity contribution in [2.75, 3.05) is 12.8 Å². The van der Waals surface area contributed by atoms with Gasteiger partial charge in [-0.25, -0.2) is 13.8 Å². The van der Waals surface area contributed by atoms with Crippen LogP contribution in [0.4, 0.5) is 14.5 Å². The van der Waals surface area contributed by atoms with Crippen LogP contribution in [0.2, 0.25) is 5.15 Å². The van der Waals surface area contributed by atoms with Crippen molar-refractivity contribution in [2.45, 2.75) is 6.54 Å². The zero-order chi connectivity index (χ0) is 15.6. The summed E-state index contributed by atoms with van der Waals surface area (Å²) in [6, 6.07) is 4.54. The maximum atomic E-state index is 13.6. The van der Waals surface area contributed by atoms with E-state index in [1.54, 1.807) is 0 Å². The molecule has 0 saturated heterocycles. The number of nitrogens with two attached hydrogens (primary N) is 1. The Morgan fingerprint density at radius 1 is 1.38 bits per heavy atom. The monoisotopic (exact) mass is 311 g/mol. The molecule has 1 aromatic carbocycles. The van der Waals surface area contributed by atoms with Crippen molar-refractivity contribution in [3.63, 3.8) is 0 Å². The number of amides is 1. The molecule has 1 amide bonds. The van der Waals surface area contributed by atoms with Crippen LogP contribution in [0.15, 0.2) is 30.5 Å². The molecular formula is C14H12ClF2N3O. The number of benzene rings is 1. The van der Waals surface area contributed by atoms with E-state index < -0.39 is 17.5 Å². The van der Waals surface area contributed by atoms with E-state index in [1.165, 1.54) is 30.3 Å². The Morgan fingerprint density at radius 2 is 2.10 bits per heavy atom. The van der Waals surface area contributed by atoms with Crippen LogP contribution < -0.4 is 5.73 Å². The number of aromatic nitrogens is 1. The molecule has 0 bridgehead atoms. The van der Waals surface area contributed by atoms with Gasteiger partial charge in [-0.2, -0.15) is 0 Å². The number of nitrogen functional groups attached to an aromatic ring is 1. The van der Waals surface area contributed by atoms with Gasteiger partial charge in [0.2, 0.25) is 0 Å². The minimum Gasteiger partial charge on any atom is -0.397 e. The lowest BCUT2D eigenvalue weighted by atomic mass is 10.1. The van der Waals surface area contributed by atoms with Gasteiger partial charge in [0.1, 0.15) is 16.8 Å². The van der Waals surface area contributed by atoms with Crippen molar-refractivity contribution in [3.8, 4) is 0 Å². The molecule has 1 aromatic heterocycles. The maximum absolute atomic E-state index is 13.6. The first-order chi connectivity index (χ1) is 9.88. The summed E-state index contributed by atoms with van der Waals surface area (Å²) < 4.78 is 26.4. The average Bonchev–Trinajstić information content (AvgIpc) is 2.43. The summed E-state index contributed by atoms with van der Waals surface area (Å²) in [5.41, 5.74) is 6.24. The van der Waals surface area contributed by atoms with Gasteiger partial charge in [0.25, 0.3) is 5.91 Å². The third kappa shape index (κ3) is 3.46. The van der Waals surface area contributed by atoms with Crippen LogP contribution in [0.1, 0.15) is 15.9 Å². The number of pyridine rings is 1. The first-order valence-electron chi connectivity index (χ1n) is 5.99. The Morgan fingerprint density at radius 3 is 2.76 bits per heavy atom. The predicted molar refractivity (Wildman–Crippen MR) is 75.8 cm³/mol. The molecule has 110 valence electrons. The standard InChI is InChI=1S/C14H12ClF2N3O/c1-20(7-8-2-3-9(16)4-11(8)17)14(21)10-5-13(15)19-6-12(10)18/h2-6H,7,18H2,1H3. The second-order valence-corrected chi connectivity index (χ2v) is 4.88. The van der Waals surface area contributed by atoms with E-state index in [1.807, 2.05) is 0 Å². The van der Waals surface area contributed by atoms with Gasteiger partial charge in [-0.1, -0.05) is 17.7 Å². The summed E-state index contributed by atoms with van der Waals surface area (Å²) in [6.45, 7) is -0.0235. The fourth-order valence-corrected chi connectivity index (χ4v) is 1.97. The molecule has 0 fully saturated rings. The van der Waals surface area contributed by atoms with E-state index in [-0.39, 0.29) is 28.5 Å². The molecule has 7 heteroatoms. The van der Waals surface area contributed by atoms with Gasteiger partial charge in [-0.05, 0) is 12.1 Å². The number of anilines is 1. The smallest absolute Gasteiger partial charge is 0.256 e. The fourth-order valence-electron chi connectivity index (χ4n) is 1.81. The molecule has 2 rings (SSSR count). The van der Waals surface area contributed by atoms with Gasteiger partial charge in [0.15, 0.2) is 0 Å². The van der Waals surface area contributed by atoms with Crippen LogP contribution in [0, 0.1) is 11.6 Å². The second-order valence-electron chi connectivity index (χ2n) is 4.49. The summed E-state index contributed by atoms with van der Waals surface area (Å²) in [7, 11) is 1.49. The Hall–Kier alpha value is -2.21. The third-order valence-corrected chi connectivity index (χ3v) is 3.11. The molecule has 0 spiro atoms. The van der Waals surface area contributed by atoms with Crippen LogP contribution in [-0.2, 0) is 6.54 Å². The van der Waals surface area contributed by atoms with E-state index in [9.17, 15) is 13.6 Å². The molecule has 0 unspecified atom stereocenters. The maximum Gasteiger partial charge on any atom is 0.256 e. The normalized spacial score (nSPS) is 10.5. The van der Waals surface area contributed by atoms with Crippen LogP contribution in [0.5, 0.6) is 0 Å². The van der Waals surface area contributed by atoms with Gasteiger partial charge < -0.3 is 10.6 Å². The van der Waals surface area contributed by atoms with Gasteiger partial charge in [0, 0.05) is 25.2 Å². The SMILES string of the molecule is CN(Cc1ccc(F)cc1F)C(=O)c1cc(Cl)ncc1N. The lowest BCUT2D eigenvalue weighted by Crippen LogP contribution is -2.27. The van der Waals surface area contributed by atoms with Gasteiger partial charge in [-0.3, -0.25) is 4.79 Å². The van der Waals surface area contributed by atoms with Crippen LogP contribution in [0.3, 0.4) is 0 Å². The Kier molecular flexibility index (Phi) is 4.37. The zero-order valence-electron chi connectivity index (χ0n) is 11.1. The van der Waals surface area contributed by atoms with Crippen molar-refractivity contribution in [2.24, 2.45) is 0 Å². The first kappa shape index (κ1) is 15.2. The number of nitrogens with zero attached hydrogens (tertiary/aromatic N) is 2. The molecule has 0 saturated carbocycles. The fraction of sp³-hybridized carbons (Fsp3) is 0.143. The van der Waals surface area contributed by atoms with Crippen LogP contribution >= 0.6 is 11.6 Å². The largest absolute Gasteiger partial charge is 0.397 e. The average molecular weight is 312 g/mol. The van der Waals surface area contributed by atoms with Gasteiger partial charge in [-0.15, -0.1) is 0 Å². The molecule has 1 heterocycles. The highest BCUT2D eigenvalue weighted by Crippen LogP contribution is 2.18. The molecule has 4 nitrogen and oxygen atoms in total. The Bertz CT molecular complexity index is 694. The van der Waals surface area contributed by atoms with Gasteiger partial charge in [0.05, 0.1) is 17.4 Å². The number of rotatable bonds is 3. The number of hydrogen-bond donors (Lipinski definition) is 1. The van der Waals surface area contributed by atoms with E-state index in [0.717, 1.165) is 12.1 Å². The summed E-state index contributed by atoms with van der Waals surface area (Å²) in [6.07, 6.45) is 1.28. The number of carbonyl (C=O) groups excluding carboxylic acids is 1. The van der Waals surface area contributed by atoms with Crippen molar-refractivity contribution in [1.29, 1.82) is 0 Å². The molecule has 21 heavy (non-hydrogen) atoms. The van der Waals surface area contributed by atoms with Crippen molar-refractivity contribution in [1.82, 2.24) is 9.88 Å². The van der Waals surface area contributed by atoms with E-state index in [0.29, 0.717) is 0 Å². The topological polar surface area (TPSA) is 59.2 Å². The lowest BCUT2D eigenvalue weighted by Gasteiger charge is -2.18. The molecule has 0 radical (unpaired) electrons. The number of carbonyl (C=O) groups is 1. The molecule has 0 aliphatic heterocycles. The highest BCUT2D eigenvalue weighted by molar-refractivity contribution is 6.29. The minimum atomic E-state index is -0.713. The first-order valence-corrected chi connectivity index (χ1v) is 6.36. The second kappa shape index (κ2) is 6.05. The van der Waals surface area contributed by atoms with E-state index in [4.69, 9.17) is 17.3 Å². The molecular weight excluding hydrogens is 300 g/mol. The molecule has 0 aliphatic carbocycles. The highest BCUT2D eigenvalue weighted by Gasteiger charge is 2.17. The Balaban J connectivity index is 2.21. The molecule has 0 aliphatic rings. The van der Waals surface area contributed by atoms with Crippen molar-refractivity contribution in [3.05, 3.63) is 58.4 Å². The molecule has 0 atom stereocenters. The minimum absolute atomic E-state index is 0.0235. The highest BCUT2D eigenvalue weighted by atomic mass is 35.5. The summed E-state index contributed by atoms with van der Waals surface area (Å²) in [5, 5.41) is 0.133. The van der Waals surface area contributed by atoms with Crippen LogP contribution in [0.25, 0.3) is 0 Å². The Labute approximate surface area is 125 Å². The summed E-state index contributed by atoms with van der Waals surface area (Å²) in [4.78, 5) is 17.3. The van der Waals surface area contributed by atoms with E-state index >= 15 is 0 Å². The summed E-state index contributed by atoms with van der Waals surface area (Å²) in [5.74, 6) is -1.81. The summed E-state index contributed by atoms with van der Waals surface area (Å²) >= 11 is 5.73. The molecule has 2 N–H and O–H groups in total. The van der Waals surface area contributed by atoms with Gasteiger partial charge >= 0.3 is 0 Å².